The largest absolute Gasteiger partial charge is 0.468 e. The second kappa shape index (κ2) is 8.07. The van der Waals surface area contributed by atoms with E-state index in [0.29, 0.717) is 11.5 Å². The Morgan fingerprint density at radius 3 is 2.35 bits per heavy atom. The predicted octanol–water partition coefficient (Wildman–Crippen LogP) is 2.41. The average molecular weight is 459 g/mol. The molecule has 0 spiro atoms. The molecule has 0 bridgehead atoms. The molecule has 0 unspecified atom stereocenters. The topological polar surface area (TPSA) is 102 Å². The Kier molecular flexibility index (Phi) is 5.05. The van der Waals surface area contributed by atoms with Crippen molar-refractivity contribution in [2.75, 3.05) is 7.11 Å². The molecule has 0 saturated carbocycles. The van der Waals surface area contributed by atoms with Crippen LogP contribution in [0.4, 0.5) is 0 Å². The molecule has 10 nitrogen and oxygen atoms in total. The second-order valence-electron chi connectivity index (χ2n) is 7.78. The highest BCUT2D eigenvalue weighted by atomic mass is 16.5. The fourth-order valence-corrected chi connectivity index (χ4v) is 3.95. The van der Waals surface area contributed by atoms with Gasteiger partial charge in [0, 0.05) is 24.6 Å². The first kappa shape index (κ1) is 21.3. The van der Waals surface area contributed by atoms with Crippen LogP contribution in [0.5, 0.6) is 11.5 Å². The van der Waals surface area contributed by atoms with E-state index < -0.39 is 23.8 Å². The molecule has 0 atom stereocenters. The molecule has 0 aliphatic carbocycles. The molecule has 0 saturated heterocycles. The molecular formula is C24H21N5O5. The molecule has 172 valence electrons. The number of benzene rings is 2. The van der Waals surface area contributed by atoms with Crippen molar-refractivity contribution in [2.24, 2.45) is 7.05 Å². The molecule has 2 aromatic carbocycles. The van der Waals surface area contributed by atoms with Gasteiger partial charge in [0.1, 0.15) is 18.0 Å². The van der Waals surface area contributed by atoms with Gasteiger partial charge in [0.05, 0.1) is 7.11 Å². The van der Waals surface area contributed by atoms with Crippen molar-refractivity contribution in [1.29, 1.82) is 0 Å². The molecular weight excluding hydrogens is 438 g/mol. The lowest BCUT2D eigenvalue weighted by molar-refractivity contribution is -0.141. The third-order valence-corrected chi connectivity index (χ3v) is 5.61. The minimum atomic E-state index is -0.689. The normalized spacial score (nSPS) is 11.3. The van der Waals surface area contributed by atoms with Crippen LogP contribution in [0.3, 0.4) is 0 Å². The molecule has 34 heavy (non-hydrogen) atoms. The molecule has 0 N–H and O–H groups in total. The summed E-state index contributed by atoms with van der Waals surface area (Å²) in [5.41, 5.74) is 0.807. The maximum Gasteiger partial charge on any atom is 0.333 e. The van der Waals surface area contributed by atoms with E-state index in [1.807, 2.05) is 66.1 Å². The van der Waals surface area contributed by atoms with E-state index in [-0.39, 0.29) is 11.2 Å². The Morgan fingerprint density at radius 1 is 1.00 bits per heavy atom. The summed E-state index contributed by atoms with van der Waals surface area (Å²) in [5.74, 6) is 1.19. The first-order chi connectivity index (χ1) is 16.4. The van der Waals surface area contributed by atoms with Crippen molar-refractivity contribution < 1.29 is 14.3 Å². The predicted molar refractivity (Wildman–Crippen MR) is 125 cm³/mol. The fraction of sp³-hybridized carbons (Fsp3) is 0.167. The first-order valence-corrected chi connectivity index (χ1v) is 10.5. The third kappa shape index (κ3) is 3.36. The fourth-order valence-electron chi connectivity index (χ4n) is 3.95. The molecule has 3 aromatic heterocycles. The van der Waals surface area contributed by atoms with Crippen LogP contribution in [-0.4, -0.2) is 36.2 Å². The van der Waals surface area contributed by atoms with E-state index in [1.54, 1.807) is 10.6 Å². The molecule has 0 radical (unpaired) electrons. The molecule has 3 heterocycles. The first-order valence-electron chi connectivity index (χ1n) is 10.5. The minimum absolute atomic E-state index is 0.201. The molecule has 0 amide bonds. The van der Waals surface area contributed by atoms with Gasteiger partial charge >= 0.3 is 11.7 Å². The summed E-state index contributed by atoms with van der Waals surface area (Å²) in [4.78, 5) is 42.2. The van der Waals surface area contributed by atoms with E-state index in [9.17, 15) is 14.4 Å². The van der Waals surface area contributed by atoms with Gasteiger partial charge in [-0.25, -0.2) is 9.36 Å². The number of rotatable bonds is 5. The SMILES string of the molecule is COC(=O)Cn1c(=O)c2c(nc3n(-c4ccc(Oc5ccccc5)cc4)c(C)cn23)n(C)c1=O. The van der Waals surface area contributed by atoms with Gasteiger partial charge < -0.3 is 9.47 Å². The van der Waals surface area contributed by atoms with Crippen LogP contribution in [0.2, 0.25) is 0 Å². The van der Waals surface area contributed by atoms with Crippen molar-refractivity contribution in [3.8, 4) is 17.2 Å². The molecule has 0 aliphatic rings. The summed E-state index contributed by atoms with van der Waals surface area (Å²) in [7, 11) is 2.71. The number of carbonyl (C=O) groups is 1. The Morgan fingerprint density at radius 2 is 1.68 bits per heavy atom. The van der Waals surface area contributed by atoms with Crippen LogP contribution in [0.25, 0.3) is 22.6 Å². The number of para-hydroxylation sites is 1. The van der Waals surface area contributed by atoms with Gasteiger partial charge in [-0.3, -0.25) is 23.1 Å². The average Bonchev–Trinajstić information content (AvgIpc) is 3.36. The molecule has 10 heteroatoms. The zero-order valence-corrected chi connectivity index (χ0v) is 18.8. The lowest BCUT2D eigenvalue weighted by atomic mass is 10.3. The lowest BCUT2D eigenvalue weighted by Crippen LogP contribution is -2.41. The Hall–Kier alpha value is -4.60. The van der Waals surface area contributed by atoms with Crippen LogP contribution in [-0.2, 0) is 23.1 Å². The number of carbonyl (C=O) groups excluding carboxylic acids is 1. The Bertz CT molecular complexity index is 1660. The number of imidazole rings is 2. The van der Waals surface area contributed by atoms with Crippen molar-refractivity contribution >= 4 is 22.9 Å². The summed E-state index contributed by atoms with van der Waals surface area (Å²) < 4.78 is 16.1. The van der Waals surface area contributed by atoms with Gasteiger partial charge in [-0.05, 0) is 43.3 Å². The van der Waals surface area contributed by atoms with Crippen LogP contribution in [0.1, 0.15) is 5.69 Å². The number of ether oxygens (including phenoxy) is 2. The van der Waals surface area contributed by atoms with Crippen molar-refractivity contribution in [3.05, 3.63) is 87.3 Å². The highest BCUT2D eigenvalue weighted by Gasteiger charge is 2.22. The van der Waals surface area contributed by atoms with Gasteiger partial charge in [-0.15, -0.1) is 0 Å². The highest BCUT2D eigenvalue weighted by molar-refractivity contribution is 5.77. The monoisotopic (exact) mass is 459 g/mol. The van der Waals surface area contributed by atoms with Crippen LogP contribution in [0.15, 0.2) is 70.4 Å². The quantitative estimate of drug-likeness (QED) is 0.374. The Labute approximate surface area is 192 Å². The van der Waals surface area contributed by atoms with E-state index in [2.05, 4.69) is 9.72 Å². The van der Waals surface area contributed by atoms with Gasteiger partial charge in [0.15, 0.2) is 11.2 Å². The summed E-state index contributed by atoms with van der Waals surface area (Å²) in [6.07, 6.45) is 1.77. The van der Waals surface area contributed by atoms with Gasteiger partial charge in [0.2, 0.25) is 5.78 Å². The third-order valence-electron chi connectivity index (χ3n) is 5.61. The summed E-state index contributed by atoms with van der Waals surface area (Å²) in [5, 5.41) is 0. The van der Waals surface area contributed by atoms with Crippen molar-refractivity contribution in [2.45, 2.75) is 13.5 Å². The highest BCUT2D eigenvalue weighted by Crippen LogP contribution is 2.25. The van der Waals surface area contributed by atoms with E-state index >= 15 is 0 Å². The Balaban J connectivity index is 1.63. The van der Waals surface area contributed by atoms with E-state index in [1.165, 1.54) is 18.7 Å². The molecule has 5 rings (SSSR count). The standard InChI is InChI=1S/C24H21N5O5/c1-15-13-27-20-21(26(2)24(32)28(22(20)31)14-19(30)33-3)25-23(27)29(15)16-9-11-18(12-10-16)34-17-7-5-4-6-8-17/h4-13H,14H2,1-3H3. The zero-order valence-electron chi connectivity index (χ0n) is 18.8. The number of methoxy groups -OCH3 is 1. The van der Waals surface area contributed by atoms with Crippen molar-refractivity contribution in [3.63, 3.8) is 0 Å². The van der Waals surface area contributed by atoms with Gasteiger partial charge in [-0.1, -0.05) is 18.2 Å². The van der Waals surface area contributed by atoms with Crippen LogP contribution in [0, 0.1) is 6.92 Å². The number of aryl methyl sites for hydroxylation is 2. The summed E-state index contributed by atoms with van der Waals surface area (Å²) >= 11 is 0. The van der Waals surface area contributed by atoms with Crippen LogP contribution >= 0.6 is 0 Å². The number of hydrogen-bond donors (Lipinski definition) is 0. The molecule has 0 aliphatic heterocycles. The van der Waals surface area contributed by atoms with Gasteiger partial charge in [0.25, 0.3) is 5.56 Å². The summed E-state index contributed by atoms with van der Waals surface area (Å²) in [6.45, 7) is 1.41. The van der Waals surface area contributed by atoms with E-state index in [0.717, 1.165) is 21.7 Å². The summed E-state index contributed by atoms with van der Waals surface area (Å²) in [6, 6.07) is 16.9. The maximum atomic E-state index is 13.2. The lowest BCUT2D eigenvalue weighted by Gasteiger charge is -2.09. The molecule has 0 fully saturated rings. The smallest absolute Gasteiger partial charge is 0.333 e. The maximum absolute atomic E-state index is 13.2. The second-order valence-corrected chi connectivity index (χ2v) is 7.78. The number of fused-ring (bicyclic) bond motifs is 3. The van der Waals surface area contributed by atoms with Crippen LogP contribution < -0.4 is 16.0 Å². The zero-order chi connectivity index (χ0) is 24.0. The van der Waals surface area contributed by atoms with Crippen molar-refractivity contribution in [1.82, 2.24) is 23.1 Å². The molecule has 5 aromatic rings. The number of esters is 1. The number of aromatic nitrogens is 5. The van der Waals surface area contributed by atoms with Gasteiger partial charge in [-0.2, -0.15) is 4.98 Å². The minimum Gasteiger partial charge on any atom is -0.468 e. The van der Waals surface area contributed by atoms with E-state index in [4.69, 9.17) is 4.74 Å². The number of hydrogen-bond acceptors (Lipinski definition) is 6. The number of nitrogens with zero attached hydrogens (tertiary/aromatic N) is 5.